The van der Waals surface area contributed by atoms with Crippen LogP contribution >= 0.6 is 11.3 Å². The summed E-state index contributed by atoms with van der Waals surface area (Å²) in [4.78, 5) is 14.6. The third-order valence-corrected chi connectivity index (χ3v) is 5.94. The first-order valence-corrected chi connectivity index (χ1v) is 10.5. The van der Waals surface area contributed by atoms with E-state index in [0.29, 0.717) is 12.6 Å². The second-order valence-corrected chi connectivity index (χ2v) is 8.13. The Balaban J connectivity index is 1.49. The van der Waals surface area contributed by atoms with Crippen molar-refractivity contribution in [1.29, 1.82) is 0 Å². The van der Waals surface area contributed by atoms with Crippen molar-refractivity contribution >= 4 is 17.3 Å². The van der Waals surface area contributed by atoms with Crippen LogP contribution in [0.15, 0.2) is 23.3 Å². The molecule has 0 aliphatic heterocycles. The molecular formula is C20H29N5OS. The minimum atomic E-state index is 0.307. The number of pyridine rings is 1. The number of ether oxygens (including phenoxy) is 1. The van der Waals surface area contributed by atoms with Gasteiger partial charge in [-0.05, 0) is 45.6 Å². The molecule has 7 heteroatoms. The number of aliphatic imine (C=N–C) groups is 1. The second kappa shape index (κ2) is 9.69. The van der Waals surface area contributed by atoms with Crippen molar-refractivity contribution in [3.8, 4) is 5.88 Å². The van der Waals surface area contributed by atoms with Crippen LogP contribution in [0.3, 0.4) is 0 Å². The molecule has 27 heavy (non-hydrogen) atoms. The molecule has 0 spiro atoms. The quantitative estimate of drug-likeness (QED) is 0.563. The predicted molar refractivity (Wildman–Crippen MR) is 111 cm³/mol. The van der Waals surface area contributed by atoms with E-state index in [0.717, 1.165) is 53.9 Å². The molecule has 1 fully saturated rings. The number of aryl methyl sites for hydroxylation is 2. The van der Waals surface area contributed by atoms with Gasteiger partial charge in [-0.2, -0.15) is 0 Å². The maximum absolute atomic E-state index is 6.11. The lowest BCUT2D eigenvalue weighted by atomic mass is 10.2. The highest BCUT2D eigenvalue weighted by Crippen LogP contribution is 2.24. The summed E-state index contributed by atoms with van der Waals surface area (Å²) in [6.45, 7) is 5.60. The van der Waals surface area contributed by atoms with Crippen molar-refractivity contribution in [2.45, 2.75) is 58.6 Å². The number of guanidine groups is 1. The normalized spacial score (nSPS) is 15.1. The molecule has 0 bridgehead atoms. The van der Waals surface area contributed by atoms with Crippen molar-refractivity contribution in [3.05, 3.63) is 39.5 Å². The van der Waals surface area contributed by atoms with Gasteiger partial charge in [0.2, 0.25) is 5.88 Å². The first kappa shape index (κ1) is 19.6. The molecule has 1 saturated carbocycles. The molecule has 0 aromatic carbocycles. The highest BCUT2D eigenvalue weighted by atomic mass is 32.1. The summed E-state index contributed by atoms with van der Waals surface area (Å²) in [6.07, 6.45) is 7.74. The zero-order valence-corrected chi connectivity index (χ0v) is 17.2. The highest BCUT2D eigenvalue weighted by molar-refractivity contribution is 7.11. The Morgan fingerprint density at radius 1 is 1.30 bits per heavy atom. The molecule has 2 N–H and O–H groups in total. The van der Waals surface area contributed by atoms with Crippen molar-refractivity contribution < 1.29 is 4.74 Å². The lowest BCUT2D eigenvalue weighted by molar-refractivity contribution is 0.199. The van der Waals surface area contributed by atoms with Crippen molar-refractivity contribution in [1.82, 2.24) is 20.6 Å². The standard InChI is InChI=1S/C20H29N5OS/c1-14-15(2)27-18(25-14)10-12-23-20(21-3)24-13-16-7-6-11-22-19(16)26-17-8-4-5-9-17/h6-7,11,17H,4-5,8-10,12-13H2,1-3H3,(H2,21,23,24). The van der Waals surface area contributed by atoms with Gasteiger partial charge in [0, 0.05) is 43.2 Å². The van der Waals surface area contributed by atoms with Gasteiger partial charge in [0.15, 0.2) is 5.96 Å². The summed E-state index contributed by atoms with van der Waals surface area (Å²) in [5.74, 6) is 1.51. The largest absolute Gasteiger partial charge is 0.474 e. The van der Waals surface area contributed by atoms with Gasteiger partial charge in [-0.1, -0.05) is 6.07 Å². The van der Waals surface area contributed by atoms with Gasteiger partial charge in [-0.15, -0.1) is 11.3 Å². The molecule has 0 radical (unpaired) electrons. The van der Waals surface area contributed by atoms with E-state index in [1.807, 2.05) is 6.07 Å². The van der Waals surface area contributed by atoms with Gasteiger partial charge < -0.3 is 15.4 Å². The van der Waals surface area contributed by atoms with Gasteiger partial charge >= 0.3 is 0 Å². The van der Waals surface area contributed by atoms with Crippen molar-refractivity contribution in [3.63, 3.8) is 0 Å². The fraction of sp³-hybridized carbons (Fsp3) is 0.550. The Bertz CT molecular complexity index is 748. The minimum Gasteiger partial charge on any atom is -0.474 e. The SMILES string of the molecule is CN=C(NCCc1nc(C)c(C)s1)NCc1cccnc1OC1CCCC1. The van der Waals surface area contributed by atoms with Crippen LogP contribution in [0.4, 0.5) is 0 Å². The van der Waals surface area contributed by atoms with E-state index in [-0.39, 0.29) is 0 Å². The Kier molecular flexibility index (Phi) is 7.04. The van der Waals surface area contributed by atoms with E-state index in [2.05, 4.69) is 45.5 Å². The molecule has 0 atom stereocenters. The van der Waals surface area contributed by atoms with E-state index in [1.54, 1.807) is 24.6 Å². The van der Waals surface area contributed by atoms with Gasteiger partial charge in [0.1, 0.15) is 6.10 Å². The zero-order valence-electron chi connectivity index (χ0n) is 16.4. The monoisotopic (exact) mass is 387 g/mol. The topological polar surface area (TPSA) is 71.4 Å². The van der Waals surface area contributed by atoms with Crippen LogP contribution in [0.25, 0.3) is 0 Å². The van der Waals surface area contributed by atoms with Gasteiger partial charge in [-0.3, -0.25) is 4.99 Å². The summed E-state index contributed by atoms with van der Waals surface area (Å²) < 4.78 is 6.11. The van der Waals surface area contributed by atoms with Crippen LogP contribution in [0.1, 0.15) is 46.8 Å². The smallest absolute Gasteiger partial charge is 0.218 e. The fourth-order valence-electron chi connectivity index (χ4n) is 3.16. The first-order valence-electron chi connectivity index (χ1n) is 9.63. The molecule has 0 amide bonds. The number of hydrogen-bond donors (Lipinski definition) is 2. The summed E-state index contributed by atoms with van der Waals surface area (Å²) in [7, 11) is 1.78. The Hall–Kier alpha value is -2.15. The maximum Gasteiger partial charge on any atom is 0.218 e. The van der Waals surface area contributed by atoms with Crippen molar-refractivity contribution in [2.75, 3.05) is 13.6 Å². The average molecular weight is 388 g/mol. The highest BCUT2D eigenvalue weighted by Gasteiger charge is 2.18. The third kappa shape index (κ3) is 5.66. The molecule has 3 rings (SSSR count). The van der Waals surface area contributed by atoms with Gasteiger partial charge in [-0.25, -0.2) is 9.97 Å². The van der Waals surface area contributed by atoms with E-state index in [4.69, 9.17) is 4.74 Å². The number of nitrogens with zero attached hydrogens (tertiary/aromatic N) is 3. The molecule has 2 aromatic rings. The van der Waals surface area contributed by atoms with E-state index in [1.165, 1.54) is 17.7 Å². The number of nitrogens with one attached hydrogen (secondary N) is 2. The lowest BCUT2D eigenvalue weighted by Gasteiger charge is -2.16. The van der Waals surface area contributed by atoms with Crippen molar-refractivity contribution in [2.24, 2.45) is 4.99 Å². The van der Waals surface area contributed by atoms with Gasteiger partial charge in [0.25, 0.3) is 0 Å². The van der Waals surface area contributed by atoms with Crippen LogP contribution in [-0.4, -0.2) is 35.6 Å². The second-order valence-electron chi connectivity index (χ2n) is 6.84. The predicted octanol–water partition coefficient (Wildman–Crippen LogP) is 3.38. The van der Waals surface area contributed by atoms with Crippen LogP contribution in [0.5, 0.6) is 5.88 Å². The van der Waals surface area contributed by atoms with E-state index in [9.17, 15) is 0 Å². The maximum atomic E-state index is 6.11. The summed E-state index contributed by atoms with van der Waals surface area (Å²) in [5.41, 5.74) is 2.18. The molecule has 0 unspecified atom stereocenters. The molecule has 2 heterocycles. The molecular weight excluding hydrogens is 358 g/mol. The molecule has 0 saturated heterocycles. The molecule has 1 aliphatic carbocycles. The Morgan fingerprint density at radius 3 is 2.81 bits per heavy atom. The molecule has 146 valence electrons. The van der Waals surface area contributed by atoms with Crippen LogP contribution in [0.2, 0.25) is 0 Å². The van der Waals surface area contributed by atoms with E-state index < -0.39 is 0 Å². The summed E-state index contributed by atoms with van der Waals surface area (Å²) >= 11 is 1.76. The molecule has 6 nitrogen and oxygen atoms in total. The number of rotatable bonds is 7. The van der Waals surface area contributed by atoms with Crippen LogP contribution < -0.4 is 15.4 Å². The molecule has 2 aromatic heterocycles. The molecule has 1 aliphatic rings. The number of aromatic nitrogens is 2. The zero-order chi connectivity index (χ0) is 19.1. The number of hydrogen-bond acceptors (Lipinski definition) is 5. The van der Waals surface area contributed by atoms with Crippen LogP contribution in [-0.2, 0) is 13.0 Å². The Morgan fingerprint density at radius 2 is 2.11 bits per heavy atom. The average Bonchev–Trinajstić information content (AvgIpc) is 3.29. The first-order chi connectivity index (χ1) is 13.2. The Labute approximate surface area is 165 Å². The fourth-order valence-corrected chi connectivity index (χ4v) is 4.10. The van der Waals surface area contributed by atoms with Crippen LogP contribution in [0, 0.1) is 13.8 Å². The summed E-state index contributed by atoms with van der Waals surface area (Å²) in [6, 6.07) is 4.00. The van der Waals surface area contributed by atoms with Gasteiger partial charge in [0.05, 0.1) is 10.7 Å². The van der Waals surface area contributed by atoms with E-state index >= 15 is 0 Å². The number of thiazole rings is 1. The lowest BCUT2D eigenvalue weighted by Crippen LogP contribution is -2.38. The minimum absolute atomic E-state index is 0.307. The third-order valence-electron chi connectivity index (χ3n) is 4.80. The summed E-state index contributed by atoms with van der Waals surface area (Å²) in [5, 5.41) is 7.87.